The predicted molar refractivity (Wildman–Crippen MR) is 131 cm³/mol. The van der Waals surface area contributed by atoms with Gasteiger partial charge in [-0.15, -0.1) is 0 Å². The summed E-state index contributed by atoms with van der Waals surface area (Å²) in [4.78, 5) is 11.4. The minimum atomic E-state index is -4.98. The van der Waals surface area contributed by atoms with Gasteiger partial charge in [-0.25, -0.2) is 18.4 Å². The highest BCUT2D eigenvalue weighted by atomic mass is 19.4. The van der Waals surface area contributed by atoms with E-state index in [1.54, 1.807) is 0 Å². The molecule has 0 saturated carbocycles. The van der Waals surface area contributed by atoms with Crippen molar-refractivity contribution in [1.82, 2.24) is 19.7 Å². The Labute approximate surface area is 211 Å². The van der Waals surface area contributed by atoms with E-state index in [0.717, 1.165) is 39.2 Å². The van der Waals surface area contributed by atoms with Crippen molar-refractivity contribution < 1.29 is 22.0 Å². The molecular weight excluding hydrogens is 489 g/mol. The van der Waals surface area contributed by atoms with Crippen molar-refractivity contribution in [2.75, 3.05) is 11.4 Å². The van der Waals surface area contributed by atoms with Crippen LogP contribution in [0.3, 0.4) is 0 Å². The number of hydrogen-bond acceptors (Lipinski definition) is 4. The third-order valence-electron chi connectivity index (χ3n) is 6.95. The lowest BCUT2D eigenvalue weighted by molar-refractivity contribution is -0.140. The number of rotatable bonds is 5. The fourth-order valence-electron chi connectivity index (χ4n) is 5.02. The maximum atomic E-state index is 15.1. The molecule has 37 heavy (non-hydrogen) atoms. The molecule has 0 spiro atoms. The summed E-state index contributed by atoms with van der Waals surface area (Å²) in [5, 5.41) is 4.68. The van der Waals surface area contributed by atoms with Crippen molar-refractivity contribution in [3.05, 3.63) is 70.9 Å². The molecule has 2 aromatic carbocycles. The quantitative estimate of drug-likeness (QED) is 0.277. The zero-order valence-electron chi connectivity index (χ0n) is 20.5. The zero-order valence-corrected chi connectivity index (χ0v) is 20.5. The van der Waals surface area contributed by atoms with Crippen LogP contribution in [0.4, 0.5) is 27.9 Å². The minimum absolute atomic E-state index is 0.0472. The zero-order chi connectivity index (χ0) is 26.3. The molecule has 10 heteroatoms. The number of nitrogens with zero attached hydrogens (tertiary/aromatic N) is 5. The molecule has 1 aliphatic rings. The Morgan fingerprint density at radius 1 is 1.05 bits per heavy atom. The van der Waals surface area contributed by atoms with Gasteiger partial charge < -0.3 is 4.90 Å². The van der Waals surface area contributed by atoms with Crippen molar-refractivity contribution in [3.8, 4) is 11.3 Å². The Balaban J connectivity index is 1.59. The predicted octanol–water partition coefficient (Wildman–Crippen LogP) is 6.72. The van der Waals surface area contributed by atoms with E-state index in [-0.39, 0.29) is 11.7 Å². The fourth-order valence-corrected chi connectivity index (χ4v) is 5.02. The number of fused-ring (bicyclic) bond motifs is 1. The molecule has 0 aliphatic carbocycles. The van der Waals surface area contributed by atoms with Gasteiger partial charge in [0, 0.05) is 36.5 Å². The summed E-state index contributed by atoms with van der Waals surface area (Å²) in [5.74, 6) is -2.21. The van der Waals surface area contributed by atoms with Crippen LogP contribution in [0.2, 0.25) is 0 Å². The second-order valence-corrected chi connectivity index (χ2v) is 9.33. The number of halogens is 5. The molecule has 1 saturated heterocycles. The third-order valence-corrected chi connectivity index (χ3v) is 6.95. The summed E-state index contributed by atoms with van der Waals surface area (Å²) in [6, 6.07) is 10.8. The summed E-state index contributed by atoms with van der Waals surface area (Å²) in [6.07, 6.45) is 0.400. The van der Waals surface area contributed by atoms with Gasteiger partial charge in [-0.05, 0) is 51.2 Å². The lowest BCUT2D eigenvalue weighted by atomic mass is 9.96. The molecule has 1 fully saturated rings. The molecule has 2 aromatic heterocycles. The van der Waals surface area contributed by atoms with Crippen LogP contribution in [0.5, 0.6) is 0 Å². The van der Waals surface area contributed by atoms with Crippen LogP contribution >= 0.6 is 0 Å². The van der Waals surface area contributed by atoms with E-state index in [0.29, 0.717) is 29.6 Å². The molecule has 1 atom stereocenters. The summed E-state index contributed by atoms with van der Waals surface area (Å²) < 4.78 is 71.3. The number of alkyl halides is 3. The van der Waals surface area contributed by atoms with Gasteiger partial charge in [0.15, 0.2) is 5.65 Å². The van der Waals surface area contributed by atoms with E-state index < -0.39 is 34.5 Å². The van der Waals surface area contributed by atoms with Crippen LogP contribution in [-0.4, -0.2) is 32.3 Å². The molecular formula is C27H26F5N5. The average Bonchev–Trinajstić information content (AvgIpc) is 3.25. The Morgan fingerprint density at radius 3 is 2.51 bits per heavy atom. The second-order valence-electron chi connectivity index (χ2n) is 9.33. The standard InChI is InChI=1S/C27H26F5N5/c1-3-37-25-20(24(35-37)19-14-21(27(30,31)32)23(29)16(2)22(19)28)15-33-26(34-25)36-12-8-7-11-18(36)13-17-9-5-4-6-10-17/h4-6,9-10,14-15,18H,3,7-8,11-13H2,1-2H3. The summed E-state index contributed by atoms with van der Waals surface area (Å²) in [5.41, 5.74) is -1.12. The van der Waals surface area contributed by atoms with Crippen LogP contribution in [0, 0.1) is 18.6 Å². The van der Waals surface area contributed by atoms with Crippen LogP contribution in [-0.2, 0) is 19.1 Å². The van der Waals surface area contributed by atoms with Crippen LogP contribution in [0.1, 0.15) is 42.9 Å². The Bertz CT molecular complexity index is 1430. The van der Waals surface area contributed by atoms with Crippen LogP contribution in [0.25, 0.3) is 22.3 Å². The van der Waals surface area contributed by atoms with E-state index in [4.69, 9.17) is 4.98 Å². The largest absolute Gasteiger partial charge is 0.419 e. The van der Waals surface area contributed by atoms with Gasteiger partial charge in [0.1, 0.15) is 17.3 Å². The minimum Gasteiger partial charge on any atom is -0.337 e. The van der Waals surface area contributed by atoms with Crippen molar-refractivity contribution in [2.45, 2.75) is 58.3 Å². The SMILES string of the molecule is CCn1nc(-c2cc(C(F)(F)F)c(F)c(C)c2F)c2cnc(N3CCCCC3Cc3ccccc3)nc21. The Hall–Kier alpha value is -3.56. The molecule has 5 nitrogen and oxygen atoms in total. The van der Waals surface area contributed by atoms with E-state index >= 15 is 4.39 Å². The van der Waals surface area contributed by atoms with Gasteiger partial charge in [-0.3, -0.25) is 0 Å². The Morgan fingerprint density at radius 2 is 1.81 bits per heavy atom. The molecule has 0 amide bonds. The first-order valence-corrected chi connectivity index (χ1v) is 12.3. The highest BCUT2D eigenvalue weighted by molar-refractivity contribution is 5.91. The lowest BCUT2D eigenvalue weighted by Crippen LogP contribution is -2.42. The topological polar surface area (TPSA) is 46.8 Å². The van der Waals surface area contributed by atoms with Gasteiger partial charge >= 0.3 is 6.18 Å². The van der Waals surface area contributed by atoms with E-state index in [1.165, 1.54) is 16.4 Å². The first kappa shape index (κ1) is 25.1. The number of hydrogen-bond donors (Lipinski definition) is 0. The molecule has 3 heterocycles. The maximum absolute atomic E-state index is 15.1. The van der Waals surface area contributed by atoms with Gasteiger partial charge in [-0.1, -0.05) is 30.3 Å². The summed E-state index contributed by atoms with van der Waals surface area (Å²) >= 11 is 0. The van der Waals surface area contributed by atoms with E-state index in [2.05, 4.69) is 27.1 Å². The number of aromatic nitrogens is 4. The van der Waals surface area contributed by atoms with Crippen molar-refractivity contribution in [2.24, 2.45) is 0 Å². The van der Waals surface area contributed by atoms with Crippen molar-refractivity contribution >= 4 is 17.0 Å². The van der Waals surface area contributed by atoms with E-state index in [9.17, 15) is 17.6 Å². The van der Waals surface area contributed by atoms with E-state index in [1.807, 2.05) is 25.1 Å². The molecule has 1 aliphatic heterocycles. The van der Waals surface area contributed by atoms with Crippen molar-refractivity contribution in [1.29, 1.82) is 0 Å². The normalized spacial score (nSPS) is 16.5. The highest BCUT2D eigenvalue weighted by Crippen LogP contribution is 2.39. The molecule has 1 unspecified atom stereocenters. The lowest BCUT2D eigenvalue weighted by Gasteiger charge is -2.36. The Kier molecular flexibility index (Phi) is 6.59. The fraction of sp³-hybridized carbons (Fsp3) is 0.370. The average molecular weight is 516 g/mol. The summed E-state index contributed by atoms with van der Waals surface area (Å²) in [7, 11) is 0. The highest BCUT2D eigenvalue weighted by Gasteiger charge is 2.37. The molecule has 5 rings (SSSR count). The number of piperidine rings is 1. The molecule has 194 valence electrons. The summed E-state index contributed by atoms with van der Waals surface area (Å²) in [6.45, 7) is 3.93. The van der Waals surface area contributed by atoms with Gasteiger partial charge in [0.25, 0.3) is 0 Å². The second kappa shape index (κ2) is 9.72. The molecule has 0 radical (unpaired) electrons. The number of benzene rings is 2. The third kappa shape index (κ3) is 4.65. The van der Waals surface area contributed by atoms with Gasteiger partial charge in [0.2, 0.25) is 5.95 Å². The number of anilines is 1. The molecule has 4 aromatic rings. The van der Waals surface area contributed by atoms with Crippen LogP contribution < -0.4 is 4.90 Å². The van der Waals surface area contributed by atoms with Crippen molar-refractivity contribution in [3.63, 3.8) is 0 Å². The first-order valence-electron chi connectivity index (χ1n) is 12.3. The maximum Gasteiger partial charge on any atom is 0.419 e. The number of aryl methyl sites for hydroxylation is 1. The smallest absolute Gasteiger partial charge is 0.337 e. The van der Waals surface area contributed by atoms with Gasteiger partial charge in [-0.2, -0.15) is 23.3 Å². The molecule has 0 bridgehead atoms. The van der Waals surface area contributed by atoms with Crippen LogP contribution in [0.15, 0.2) is 42.6 Å². The monoisotopic (exact) mass is 515 g/mol. The molecule has 0 N–H and O–H groups in total. The van der Waals surface area contributed by atoms with Gasteiger partial charge in [0.05, 0.1) is 10.9 Å². The first-order chi connectivity index (χ1) is 17.7.